The van der Waals surface area contributed by atoms with Crippen molar-refractivity contribution < 1.29 is 22.0 Å². The van der Waals surface area contributed by atoms with Crippen molar-refractivity contribution >= 4 is 5.70 Å². The van der Waals surface area contributed by atoms with E-state index in [0.717, 1.165) is 6.07 Å². The molecular formula is C26H27F5N4. The van der Waals surface area contributed by atoms with Crippen LogP contribution in [0.5, 0.6) is 0 Å². The highest BCUT2D eigenvalue weighted by molar-refractivity contribution is 5.67. The van der Waals surface area contributed by atoms with Crippen LogP contribution in [0.15, 0.2) is 79.2 Å². The first-order chi connectivity index (χ1) is 16.5. The number of aromatic nitrogens is 1. The Morgan fingerprint density at radius 1 is 1.14 bits per heavy atom. The summed E-state index contributed by atoms with van der Waals surface area (Å²) in [6, 6.07) is 7.56. The van der Waals surface area contributed by atoms with Crippen molar-refractivity contribution in [1.82, 2.24) is 15.2 Å². The Labute approximate surface area is 201 Å². The van der Waals surface area contributed by atoms with Crippen molar-refractivity contribution in [3.05, 3.63) is 96.5 Å². The van der Waals surface area contributed by atoms with Crippen LogP contribution in [-0.4, -0.2) is 35.2 Å². The van der Waals surface area contributed by atoms with Gasteiger partial charge in [0.25, 0.3) is 0 Å². The number of halogens is 5. The molecule has 0 saturated carbocycles. The molecule has 4 nitrogen and oxygen atoms in total. The summed E-state index contributed by atoms with van der Waals surface area (Å²) in [5, 5.41) is 3.05. The van der Waals surface area contributed by atoms with Gasteiger partial charge in [0, 0.05) is 24.7 Å². The summed E-state index contributed by atoms with van der Waals surface area (Å²) in [6.45, 7) is 9.30. The molecule has 1 aliphatic rings. The van der Waals surface area contributed by atoms with Gasteiger partial charge in [-0.2, -0.15) is 13.2 Å². The zero-order valence-corrected chi connectivity index (χ0v) is 19.2. The summed E-state index contributed by atoms with van der Waals surface area (Å²) in [7, 11) is 0. The van der Waals surface area contributed by atoms with Gasteiger partial charge >= 0.3 is 6.18 Å². The van der Waals surface area contributed by atoms with Crippen LogP contribution < -0.4 is 11.1 Å². The molecule has 1 fully saturated rings. The van der Waals surface area contributed by atoms with Crippen LogP contribution >= 0.6 is 0 Å². The summed E-state index contributed by atoms with van der Waals surface area (Å²) in [6.07, 6.45) is 0.210. The van der Waals surface area contributed by atoms with Gasteiger partial charge in [-0.1, -0.05) is 37.4 Å². The number of nitrogens with two attached hydrogens (primary N) is 1. The van der Waals surface area contributed by atoms with E-state index in [0.29, 0.717) is 11.4 Å². The van der Waals surface area contributed by atoms with Crippen molar-refractivity contribution in [3.8, 4) is 11.3 Å². The van der Waals surface area contributed by atoms with Crippen LogP contribution in [0.3, 0.4) is 0 Å². The van der Waals surface area contributed by atoms with E-state index in [-0.39, 0.29) is 42.2 Å². The summed E-state index contributed by atoms with van der Waals surface area (Å²) in [5.74, 6) is -2.89. The molecule has 9 heteroatoms. The van der Waals surface area contributed by atoms with E-state index >= 15 is 0 Å². The van der Waals surface area contributed by atoms with Gasteiger partial charge in [-0.05, 0) is 43.7 Å². The summed E-state index contributed by atoms with van der Waals surface area (Å²) in [4.78, 5) is 5.80. The van der Waals surface area contributed by atoms with Gasteiger partial charge in [-0.15, -0.1) is 0 Å². The van der Waals surface area contributed by atoms with Gasteiger partial charge in [0.05, 0.1) is 28.7 Å². The SMILES string of the molecule is C=C/C=C(\C(=C/C)NC(=C)c1ccc(F)c(-c2ccccc2F)n1)N1CC(N)CC(C(F)(F)F)C1. The third kappa shape index (κ3) is 6.16. The number of allylic oxidation sites excluding steroid dienone is 3. The predicted molar refractivity (Wildman–Crippen MR) is 128 cm³/mol. The predicted octanol–water partition coefficient (Wildman–Crippen LogP) is 5.77. The Morgan fingerprint density at radius 3 is 2.49 bits per heavy atom. The monoisotopic (exact) mass is 490 g/mol. The zero-order valence-electron chi connectivity index (χ0n) is 19.2. The molecule has 2 atom stereocenters. The largest absolute Gasteiger partial charge is 0.393 e. The maximum Gasteiger partial charge on any atom is 0.393 e. The highest BCUT2D eigenvalue weighted by Crippen LogP contribution is 2.35. The minimum absolute atomic E-state index is 0.00125. The number of rotatable bonds is 7. The minimum atomic E-state index is -4.37. The fourth-order valence-corrected chi connectivity index (χ4v) is 4.01. The number of likely N-dealkylation sites (tertiary alicyclic amines) is 1. The van der Waals surface area contributed by atoms with Crippen LogP contribution in [0.4, 0.5) is 22.0 Å². The lowest BCUT2D eigenvalue weighted by molar-refractivity contribution is -0.186. The van der Waals surface area contributed by atoms with Gasteiger partial charge in [-0.3, -0.25) is 0 Å². The zero-order chi connectivity index (χ0) is 25.8. The fourth-order valence-electron chi connectivity index (χ4n) is 4.01. The number of nitrogens with zero attached hydrogens (tertiary/aromatic N) is 2. The number of hydrogen-bond acceptors (Lipinski definition) is 4. The first-order valence-electron chi connectivity index (χ1n) is 11.0. The van der Waals surface area contributed by atoms with Crippen LogP contribution in [-0.2, 0) is 0 Å². The summed E-state index contributed by atoms with van der Waals surface area (Å²) >= 11 is 0. The average molecular weight is 491 g/mol. The van der Waals surface area contributed by atoms with Gasteiger partial charge < -0.3 is 16.0 Å². The van der Waals surface area contributed by atoms with E-state index in [1.807, 2.05) is 0 Å². The molecule has 0 aliphatic carbocycles. The average Bonchev–Trinajstić information content (AvgIpc) is 2.81. The summed E-state index contributed by atoms with van der Waals surface area (Å²) in [5.41, 5.74) is 7.16. The Kier molecular flexibility index (Phi) is 8.11. The van der Waals surface area contributed by atoms with E-state index in [9.17, 15) is 22.0 Å². The molecule has 3 rings (SSSR count). The van der Waals surface area contributed by atoms with E-state index in [1.54, 1.807) is 30.0 Å². The second-order valence-corrected chi connectivity index (χ2v) is 8.24. The van der Waals surface area contributed by atoms with Crippen LogP contribution in [0, 0.1) is 17.6 Å². The highest BCUT2D eigenvalue weighted by atomic mass is 19.4. The van der Waals surface area contributed by atoms with Gasteiger partial charge in [0.15, 0.2) is 0 Å². The molecule has 1 aromatic heterocycles. The molecule has 0 bridgehead atoms. The summed E-state index contributed by atoms with van der Waals surface area (Å²) < 4.78 is 69.1. The Balaban J connectivity index is 1.88. The molecule has 2 unspecified atom stereocenters. The standard InChI is InChI=1S/C26H27F5N4/c1-4-8-24(35-14-17(26(29,30)31)13-18(32)15-35)22(5-2)33-16(3)23-12-11-21(28)25(34-23)19-9-6-7-10-20(19)27/h4-12,17-18,33H,1,3,13-15,32H2,2H3/b22-5+,24-8+. The van der Waals surface area contributed by atoms with Gasteiger partial charge in [0.2, 0.25) is 0 Å². The second-order valence-electron chi connectivity index (χ2n) is 8.24. The first-order valence-corrected chi connectivity index (χ1v) is 11.0. The van der Waals surface area contributed by atoms with Crippen molar-refractivity contribution in [2.24, 2.45) is 11.7 Å². The topological polar surface area (TPSA) is 54.2 Å². The van der Waals surface area contributed by atoms with Crippen LogP contribution in [0.1, 0.15) is 19.0 Å². The Hall–Kier alpha value is -3.46. The number of benzene rings is 1. The number of hydrogen-bond donors (Lipinski definition) is 2. The molecule has 186 valence electrons. The highest BCUT2D eigenvalue weighted by Gasteiger charge is 2.44. The number of nitrogens with one attached hydrogen (secondary N) is 1. The molecule has 2 aromatic rings. The van der Waals surface area contributed by atoms with Crippen molar-refractivity contribution in [2.75, 3.05) is 13.1 Å². The van der Waals surface area contributed by atoms with Crippen LogP contribution in [0.2, 0.25) is 0 Å². The molecule has 1 saturated heterocycles. The van der Waals surface area contributed by atoms with Crippen molar-refractivity contribution in [1.29, 1.82) is 0 Å². The van der Waals surface area contributed by atoms with E-state index < -0.39 is 29.8 Å². The van der Waals surface area contributed by atoms with Gasteiger partial charge in [-0.25, -0.2) is 13.8 Å². The maximum absolute atomic E-state index is 14.4. The lowest BCUT2D eigenvalue weighted by Gasteiger charge is -2.40. The first kappa shape index (κ1) is 26.2. The molecule has 35 heavy (non-hydrogen) atoms. The number of alkyl halides is 3. The lowest BCUT2D eigenvalue weighted by Crippen LogP contribution is -2.50. The molecule has 0 spiro atoms. The molecule has 3 N–H and O–H groups in total. The molecular weight excluding hydrogens is 463 g/mol. The van der Waals surface area contributed by atoms with E-state index in [1.165, 1.54) is 30.3 Å². The van der Waals surface area contributed by atoms with E-state index in [2.05, 4.69) is 23.5 Å². The minimum Gasteiger partial charge on any atom is -0.368 e. The van der Waals surface area contributed by atoms with Crippen molar-refractivity contribution in [2.45, 2.75) is 25.6 Å². The third-order valence-corrected chi connectivity index (χ3v) is 5.70. The molecule has 1 aromatic carbocycles. The van der Waals surface area contributed by atoms with Gasteiger partial charge in [0.1, 0.15) is 17.3 Å². The van der Waals surface area contributed by atoms with Crippen molar-refractivity contribution in [3.63, 3.8) is 0 Å². The molecule has 0 radical (unpaired) electrons. The fraction of sp³-hybridized carbons (Fsp3) is 0.269. The third-order valence-electron chi connectivity index (χ3n) is 5.70. The van der Waals surface area contributed by atoms with Crippen LogP contribution in [0.25, 0.3) is 17.0 Å². The maximum atomic E-state index is 14.4. The Morgan fingerprint density at radius 2 is 1.86 bits per heavy atom. The molecule has 1 aliphatic heterocycles. The quantitative estimate of drug-likeness (QED) is 0.382. The molecule has 0 amide bonds. The lowest BCUT2D eigenvalue weighted by atomic mass is 9.93. The normalized spacial score (nSPS) is 19.5. The number of pyridine rings is 1. The van der Waals surface area contributed by atoms with E-state index in [4.69, 9.17) is 5.73 Å². The smallest absolute Gasteiger partial charge is 0.368 e. The molecule has 2 heterocycles. The Bertz CT molecular complexity index is 1150. The number of piperidine rings is 1. The second kappa shape index (κ2) is 10.9.